The number of rotatable bonds is 4. The zero-order chi connectivity index (χ0) is 12.3. The van der Waals surface area contributed by atoms with Crippen molar-refractivity contribution >= 4 is 17.0 Å². The van der Waals surface area contributed by atoms with Crippen LogP contribution in [0.1, 0.15) is 18.0 Å². The lowest BCUT2D eigenvalue weighted by Gasteiger charge is -2.13. The van der Waals surface area contributed by atoms with Gasteiger partial charge in [-0.25, -0.2) is 9.37 Å². The molecule has 0 aliphatic heterocycles. The quantitative estimate of drug-likeness (QED) is 0.904. The van der Waals surface area contributed by atoms with Gasteiger partial charge in [0.15, 0.2) is 11.6 Å². The van der Waals surface area contributed by atoms with E-state index in [1.54, 1.807) is 29.7 Å². The number of methoxy groups -OCH3 is 1. The summed E-state index contributed by atoms with van der Waals surface area (Å²) in [5, 5.41) is 6.17. The lowest BCUT2D eigenvalue weighted by atomic mass is 10.2. The van der Waals surface area contributed by atoms with Gasteiger partial charge in [-0.2, -0.15) is 0 Å². The molecule has 1 aromatic heterocycles. The van der Waals surface area contributed by atoms with Crippen LogP contribution in [-0.2, 0) is 0 Å². The molecule has 0 saturated carbocycles. The van der Waals surface area contributed by atoms with E-state index in [0.29, 0.717) is 0 Å². The van der Waals surface area contributed by atoms with Gasteiger partial charge in [-0.15, -0.1) is 11.3 Å². The first-order valence-electron chi connectivity index (χ1n) is 5.20. The first kappa shape index (κ1) is 11.9. The van der Waals surface area contributed by atoms with Crippen LogP contribution in [0, 0.1) is 5.82 Å². The highest BCUT2D eigenvalue weighted by molar-refractivity contribution is 7.09. The van der Waals surface area contributed by atoms with Crippen molar-refractivity contribution in [2.75, 3.05) is 12.4 Å². The number of nitrogens with zero attached hydrogens (tertiary/aromatic N) is 1. The number of benzene rings is 1. The third-order valence-electron chi connectivity index (χ3n) is 2.36. The number of hydrogen-bond acceptors (Lipinski definition) is 4. The van der Waals surface area contributed by atoms with Gasteiger partial charge in [0, 0.05) is 23.3 Å². The molecule has 2 rings (SSSR count). The van der Waals surface area contributed by atoms with Crippen molar-refractivity contribution in [3.05, 3.63) is 40.6 Å². The van der Waals surface area contributed by atoms with Gasteiger partial charge in [-0.3, -0.25) is 0 Å². The number of hydrogen-bond donors (Lipinski definition) is 1. The zero-order valence-corrected chi connectivity index (χ0v) is 10.4. The molecule has 90 valence electrons. The summed E-state index contributed by atoms with van der Waals surface area (Å²) in [5.74, 6) is -0.124. The molecule has 0 spiro atoms. The van der Waals surface area contributed by atoms with Crippen LogP contribution in [0.5, 0.6) is 5.75 Å². The van der Waals surface area contributed by atoms with Gasteiger partial charge in [0.1, 0.15) is 5.01 Å². The lowest BCUT2D eigenvalue weighted by molar-refractivity contribution is 0.387. The minimum Gasteiger partial charge on any atom is -0.494 e. The summed E-state index contributed by atoms with van der Waals surface area (Å²) in [6.07, 6.45) is 1.77. The van der Waals surface area contributed by atoms with Gasteiger partial charge < -0.3 is 10.1 Å². The van der Waals surface area contributed by atoms with Crippen molar-refractivity contribution in [2.45, 2.75) is 13.0 Å². The van der Waals surface area contributed by atoms with E-state index in [2.05, 4.69) is 10.3 Å². The predicted molar refractivity (Wildman–Crippen MR) is 67.1 cm³/mol. The van der Waals surface area contributed by atoms with E-state index >= 15 is 0 Å². The molecule has 0 fully saturated rings. The van der Waals surface area contributed by atoms with E-state index in [1.165, 1.54) is 13.2 Å². The van der Waals surface area contributed by atoms with E-state index < -0.39 is 0 Å². The molecule has 1 heterocycles. The molecule has 0 radical (unpaired) electrons. The molecule has 5 heteroatoms. The van der Waals surface area contributed by atoms with Crippen molar-refractivity contribution < 1.29 is 9.13 Å². The number of thiazole rings is 1. The largest absolute Gasteiger partial charge is 0.494 e. The molecule has 17 heavy (non-hydrogen) atoms. The van der Waals surface area contributed by atoms with Crippen LogP contribution in [0.4, 0.5) is 10.1 Å². The highest BCUT2D eigenvalue weighted by Gasteiger charge is 2.09. The monoisotopic (exact) mass is 252 g/mol. The van der Waals surface area contributed by atoms with Crippen molar-refractivity contribution in [2.24, 2.45) is 0 Å². The van der Waals surface area contributed by atoms with Gasteiger partial charge in [-0.05, 0) is 19.1 Å². The average molecular weight is 252 g/mol. The minimum absolute atomic E-state index is 0.0881. The molecular weight excluding hydrogens is 239 g/mol. The van der Waals surface area contributed by atoms with Crippen LogP contribution in [0.25, 0.3) is 0 Å². The van der Waals surface area contributed by atoms with E-state index in [-0.39, 0.29) is 17.6 Å². The Morgan fingerprint density at radius 2 is 2.29 bits per heavy atom. The number of halogens is 1. The first-order valence-corrected chi connectivity index (χ1v) is 6.08. The van der Waals surface area contributed by atoms with E-state index in [9.17, 15) is 4.39 Å². The molecule has 1 unspecified atom stereocenters. The molecule has 1 atom stereocenters. The van der Waals surface area contributed by atoms with Crippen LogP contribution in [0.3, 0.4) is 0 Å². The summed E-state index contributed by atoms with van der Waals surface area (Å²) in [4.78, 5) is 4.22. The molecule has 1 aromatic carbocycles. The third kappa shape index (κ3) is 2.74. The Morgan fingerprint density at radius 1 is 1.47 bits per heavy atom. The Balaban J connectivity index is 2.13. The Labute approximate surface area is 103 Å². The summed E-state index contributed by atoms with van der Waals surface area (Å²) < 4.78 is 18.1. The van der Waals surface area contributed by atoms with Gasteiger partial charge in [0.25, 0.3) is 0 Å². The summed E-state index contributed by atoms with van der Waals surface area (Å²) in [5.41, 5.74) is 0.811. The molecule has 0 bridgehead atoms. The fourth-order valence-electron chi connectivity index (χ4n) is 1.51. The molecule has 0 aliphatic rings. The van der Waals surface area contributed by atoms with E-state index in [1.807, 2.05) is 12.3 Å². The van der Waals surface area contributed by atoms with E-state index in [4.69, 9.17) is 4.74 Å². The lowest BCUT2D eigenvalue weighted by Crippen LogP contribution is -2.06. The molecule has 0 saturated heterocycles. The number of aromatic nitrogens is 1. The van der Waals surface area contributed by atoms with Crippen LogP contribution >= 0.6 is 11.3 Å². The highest BCUT2D eigenvalue weighted by atomic mass is 32.1. The number of nitrogens with one attached hydrogen (secondary N) is 1. The molecule has 3 nitrogen and oxygen atoms in total. The van der Waals surface area contributed by atoms with Gasteiger partial charge in [-0.1, -0.05) is 0 Å². The summed E-state index contributed by atoms with van der Waals surface area (Å²) in [6, 6.07) is 4.79. The molecule has 2 aromatic rings. The van der Waals surface area contributed by atoms with Crippen molar-refractivity contribution in [1.29, 1.82) is 0 Å². The van der Waals surface area contributed by atoms with Crippen molar-refractivity contribution in [3.63, 3.8) is 0 Å². The predicted octanol–water partition coefficient (Wildman–Crippen LogP) is 3.46. The second-order valence-corrected chi connectivity index (χ2v) is 4.51. The maximum atomic E-state index is 13.2. The van der Waals surface area contributed by atoms with Crippen LogP contribution in [0.2, 0.25) is 0 Å². The molecular formula is C12H13FN2OS. The Hall–Kier alpha value is -1.62. The smallest absolute Gasteiger partial charge is 0.165 e. The fourth-order valence-corrected chi connectivity index (χ4v) is 2.16. The fraction of sp³-hybridized carbons (Fsp3) is 0.250. The van der Waals surface area contributed by atoms with Crippen LogP contribution in [-0.4, -0.2) is 12.1 Å². The maximum Gasteiger partial charge on any atom is 0.165 e. The average Bonchev–Trinajstić information content (AvgIpc) is 2.85. The Morgan fingerprint density at radius 3 is 2.94 bits per heavy atom. The maximum absolute atomic E-state index is 13.2. The highest BCUT2D eigenvalue weighted by Crippen LogP contribution is 2.25. The molecule has 0 amide bonds. The SMILES string of the molecule is COc1cc(NC(C)c2nccs2)ccc1F. The third-order valence-corrected chi connectivity index (χ3v) is 3.31. The van der Waals surface area contributed by atoms with Crippen LogP contribution < -0.4 is 10.1 Å². The first-order chi connectivity index (χ1) is 8.20. The second kappa shape index (κ2) is 5.14. The van der Waals surface area contributed by atoms with Gasteiger partial charge in [0.05, 0.1) is 13.2 Å². The number of anilines is 1. The molecule has 0 aliphatic carbocycles. The van der Waals surface area contributed by atoms with E-state index in [0.717, 1.165) is 10.7 Å². The second-order valence-electron chi connectivity index (χ2n) is 3.59. The topological polar surface area (TPSA) is 34.1 Å². The minimum atomic E-state index is -0.361. The normalized spacial score (nSPS) is 12.2. The summed E-state index contributed by atoms with van der Waals surface area (Å²) >= 11 is 1.58. The number of ether oxygens (including phenoxy) is 1. The van der Waals surface area contributed by atoms with Gasteiger partial charge >= 0.3 is 0 Å². The summed E-state index contributed by atoms with van der Waals surface area (Å²) in [7, 11) is 1.45. The summed E-state index contributed by atoms with van der Waals surface area (Å²) in [6.45, 7) is 2.01. The Bertz CT molecular complexity index is 487. The van der Waals surface area contributed by atoms with Crippen molar-refractivity contribution in [1.82, 2.24) is 4.98 Å². The van der Waals surface area contributed by atoms with Crippen molar-refractivity contribution in [3.8, 4) is 5.75 Å². The standard InChI is InChI=1S/C12H13FN2OS/c1-8(12-14-5-6-17-12)15-9-3-4-10(13)11(7-9)16-2/h3-8,15H,1-2H3. The molecule has 1 N–H and O–H groups in total. The van der Waals surface area contributed by atoms with Gasteiger partial charge in [0.2, 0.25) is 0 Å². The zero-order valence-electron chi connectivity index (χ0n) is 9.61. The Kier molecular flexibility index (Phi) is 3.58. The van der Waals surface area contributed by atoms with Crippen LogP contribution in [0.15, 0.2) is 29.8 Å².